The van der Waals surface area contributed by atoms with E-state index in [0.29, 0.717) is 18.0 Å². The second-order valence-corrected chi connectivity index (χ2v) is 8.38. The Morgan fingerprint density at radius 1 is 0.914 bits per heavy atom. The van der Waals surface area contributed by atoms with Crippen molar-refractivity contribution < 1.29 is 18.9 Å². The molecule has 0 bridgehead atoms. The molecular weight excluding hydrogens is 444 g/mol. The van der Waals surface area contributed by atoms with Gasteiger partial charge in [-0.15, -0.1) is 0 Å². The highest BCUT2D eigenvalue weighted by Crippen LogP contribution is 2.34. The Morgan fingerprint density at radius 2 is 1.80 bits per heavy atom. The second kappa shape index (κ2) is 9.54. The minimum absolute atomic E-state index is 0.229. The highest BCUT2D eigenvalue weighted by atomic mass is 16.5. The van der Waals surface area contributed by atoms with Crippen LogP contribution in [0.25, 0.3) is 11.3 Å². The first kappa shape index (κ1) is 22.5. The molecule has 1 aliphatic rings. The third kappa shape index (κ3) is 4.71. The molecule has 2 heterocycles. The van der Waals surface area contributed by atoms with Crippen LogP contribution in [0.4, 0.5) is 0 Å². The van der Waals surface area contributed by atoms with Crippen LogP contribution in [0, 0.1) is 6.92 Å². The van der Waals surface area contributed by atoms with Gasteiger partial charge in [0.2, 0.25) is 5.88 Å². The molecular formula is C28H26N2O5. The molecule has 0 radical (unpaired) electrons. The van der Waals surface area contributed by atoms with Gasteiger partial charge in [0.05, 0.1) is 19.9 Å². The van der Waals surface area contributed by atoms with Gasteiger partial charge < -0.3 is 18.9 Å². The van der Waals surface area contributed by atoms with E-state index in [1.165, 1.54) is 0 Å². The van der Waals surface area contributed by atoms with Crippen molar-refractivity contribution in [2.45, 2.75) is 26.5 Å². The first-order valence-corrected chi connectivity index (χ1v) is 11.4. The average molecular weight is 471 g/mol. The third-order valence-electron chi connectivity index (χ3n) is 6.01. The van der Waals surface area contributed by atoms with Crippen LogP contribution in [-0.4, -0.2) is 23.8 Å². The van der Waals surface area contributed by atoms with Crippen LogP contribution < -0.4 is 24.6 Å². The molecule has 35 heavy (non-hydrogen) atoms. The molecule has 0 spiro atoms. The zero-order valence-electron chi connectivity index (χ0n) is 19.9. The van der Waals surface area contributed by atoms with Gasteiger partial charge in [-0.2, -0.15) is 4.98 Å². The van der Waals surface area contributed by atoms with Crippen molar-refractivity contribution >= 4 is 0 Å². The fourth-order valence-corrected chi connectivity index (χ4v) is 4.23. The molecule has 178 valence electrons. The summed E-state index contributed by atoms with van der Waals surface area (Å²) < 4.78 is 24.5. The molecule has 0 amide bonds. The van der Waals surface area contributed by atoms with Gasteiger partial charge in [-0.1, -0.05) is 18.2 Å². The monoisotopic (exact) mass is 470 g/mol. The molecule has 0 fully saturated rings. The summed E-state index contributed by atoms with van der Waals surface area (Å²) in [6.07, 6.45) is 0.748. The first-order chi connectivity index (χ1) is 17.0. The number of hydrogen-bond acceptors (Lipinski definition) is 6. The van der Waals surface area contributed by atoms with Crippen LogP contribution in [0.3, 0.4) is 0 Å². The van der Waals surface area contributed by atoms with Crippen LogP contribution in [-0.2, 0) is 19.6 Å². The van der Waals surface area contributed by atoms with Crippen molar-refractivity contribution in [1.29, 1.82) is 0 Å². The molecule has 0 N–H and O–H groups in total. The van der Waals surface area contributed by atoms with Crippen molar-refractivity contribution in [1.82, 2.24) is 9.55 Å². The van der Waals surface area contributed by atoms with Crippen molar-refractivity contribution in [2.75, 3.05) is 14.2 Å². The van der Waals surface area contributed by atoms with Crippen molar-refractivity contribution in [3.63, 3.8) is 0 Å². The van der Waals surface area contributed by atoms with Crippen molar-refractivity contribution in [3.8, 4) is 40.1 Å². The maximum atomic E-state index is 12.7. The number of aromatic nitrogens is 2. The van der Waals surface area contributed by atoms with Crippen LogP contribution >= 0.6 is 0 Å². The summed E-state index contributed by atoms with van der Waals surface area (Å²) in [6, 6.07) is 21.1. The zero-order valence-corrected chi connectivity index (χ0v) is 19.9. The summed E-state index contributed by atoms with van der Waals surface area (Å²) in [4.78, 5) is 16.8. The Kier molecular flexibility index (Phi) is 6.14. The fraction of sp³-hybridized carbons (Fsp3) is 0.214. The molecule has 7 nitrogen and oxygen atoms in total. The van der Waals surface area contributed by atoms with Crippen LogP contribution in [0.1, 0.15) is 16.7 Å². The van der Waals surface area contributed by atoms with Crippen LogP contribution in [0.15, 0.2) is 71.5 Å². The minimum atomic E-state index is -0.321. The van der Waals surface area contributed by atoms with Gasteiger partial charge in [0.1, 0.15) is 18.1 Å². The predicted molar refractivity (Wildman–Crippen MR) is 133 cm³/mol. The van der Waals surface area contributed by atoms with Gasteiger partial charge in [0.15, 0.2) is 11.5 Å². The Hall–Kier alpha value is -4.26. The fourth-order valence-electron chi connectivity index (χ4n) is 4.23. The van der Waals surface area contributed by atoms with E-state index >= 15 is 0 Å². The lowest BCUT2D eigenvalue weighted by Crippen LogP contribution is -2.28. The molecule has 0 unspecified atom stereocenters. The Labute approximate surface area is 203 Å². The van der Waals surface area contributed by atoms with Gasteiger partial charge >= 0.3 is 5.69 Å². The number of nitrogens with zero attached hydrogens (tertiary/aromatic N) is 2. The van der Waals surface area contributed by atoms with Gasteiger partial charge in [-0.05, 0) is 72.5 Å². The number of ether oxygens (including phenoxy) is 4. The molecule has 1 aromatic heterocycles. The number of fused-ring (bicyclic) bond motifs is 3. The zero-order chi connectivity index (χ0) is 24.4. The van der Waals surface area contributed by atoms with Crippen molar-refractivity contribution in [2.24, 2.45) is 0 Å². The first-order valence-electron chi connectivity index (χ1n) is 11.4. The number of rotatable bonds is 7. The van der Waals surface area contributed by atoms with E-state index in [1.807, 2.05) is 73.7 Å². The number of aryl methyl sites for hydroxylation is 2. The summed E-state index contributed by atoms with van der Waals surface area (Å²) in [6.45, 7) is 2.81. The molecule has 3 aromatic carbocycles. The maximum Gasteiger partial charge on any atom is 0.351 e. The molecule has 0 saturated carbocycles. The lowest BCUT2D eigenvalue weighted by atomic mass is 9.97. The maximum absolute atomic E-state index is 12.7. The van der Waals surface area contributed by atoms with E-state index in [9.17, 15) is 4.79 Å². The predicted octanol–water partition coefficient (Wildman–Crippen LogP) is 5.16. The Balaban J connectivity index is 1.36. The molecule has 5 rings (SSSR count). The molecule has 0 aliphatic carbocycles. The summed E-state index contributed by atoms with van der Waals surface area (Å²) in [7, 11) is 3.25. The molecule has 4 aromatic rings. The Bertz CT molecular complexity index is 1440. The van der Waals surface area contributed by atoms with E-state index in [4.69, 9.17) is 18.9 Å². The molecule has 0 saturated heterocycles. The quantitative estimate of drug-likeness (QED) is 0.371. The highest BCUT2D eigenvalue weighted by Gasteiger charge is 2.20. The molecule has 1 aliphatic heterocycles. The standard InChI is InChI=1S/C28H26N2O5/c1-18-5-4-6-22(13-18)35-25-10-7-19(14-26(25)33-3)17-34-27-16-24-23-9-8-21(32-2)15-20(23)11-12-30(24)28(31)29-27/h4-10,13-16H,11-12,17H2,1-3H3. The number of methoxy groups -OCH3 is 2. The van der Waals surface area contributed by atoms with Gasteiger partial charge in [0.25, 0.3) is 0 Å². The topological polar surface area (TPSA) is 71.8 Å². The summed E-state index contributed by atoms with van der Waals surface area (Å²) >= 11 is 0. The van der Waals surface area contributed by atoms with E-state index in [2.05, 4.69) is 4.98 Å². The minimum Gasteiger partial charge on any atom is -0.497 e. The van der Waals surface area contributed by atoms with Crippen LogP contribution in [0.5, 0.6) is 28.9 Å². The Morgan fingerprint density at radius 3 is 2.60 bits per heavy atom. The average Bonchev–Trinajstić information content (AvgIpc) is 2.87. The summed E-state index contributed by atoms with van der Waals surface area (Å²) in [5.74, 6) is 3.02. The molecule has 0 atom stereocenters. The van der Waals surface area contributed by atoms with E-state index < -0.39 is 0 Å². The highest BCUT2D eigenvalue weighted by molar-refractivity contribution is 5.67. The summed E-state index contributed by atoms with van der Waals surface area (Å²) in [5, 5.41) is 0. The largest absolute Gasteiger partial charge is 0.497 e. The summed E-state index contributed by atoms with van der Waals surface area (Å²) in [5.41, 5.74) is 4.57. The van der Waals surface area contributed by atoms with Crippen molar-refractivity contribution in [3.05, 3.63) is 93.9 Å². The normalized spacial score (nSPS) is 11.9. The number of hydrogen-bond donors (Lipinski definition) is 0. The van der Waals surface area contributed by atoms with E-state index in [0.717, 1.165) is 45.9 Å². The molecule has 7 heteroatoms. The third-order valence-corrected chi connectivity index (χ3v) is 6.01. The smallest absolute Gasteiger partial charge is 0.351 e. The van der Waals surface area contributed by atoms with Gasteiger partial charge in [0, 0.05) is 18.2 Å². The number of benzene rings is 3. The lowest BCUT2D eigenvalue weighted by molar-refractivity contribution is 0.289. The van der Waals surface area contributed by atoms with Crippen LogP contribution in [0.2, 0.25) is 0 Å². The SMILES string of the molecule is COc1ccc2c(c1)CCn1c-2cc(OCc2ccc(Oc3cccc(C)c3)c(OC)c2)nc1=O. The van der Waals surface area contributed by atoms with Gasteiger partial charge in [-0.25, -0.2) is 4.79 Å². The van der Waals surface area contributed by atoms with E-state index in [-0.39, 0.29) is 18.2 Å². The van der Waals surface area contributed by atoms with Gasteiger partial charge in [-0.3, -0.25) is 4.57 Å². The second-order valence-electron chi connectivity index (χ2n) is 8.38. The lowest BCUT2D eigenvalue weighted by Gasteiger charge is -2.22. The van der Waals surface area contributed by atoms with E-state index in [1.54, 1.807) is 18.8 Å².